The van der Waals surface area contributed by atoms with Crippen molar-refractivity contribution in [1.29, 1.82) is 0 Å². The van der Waals surface area contributed by atoms with Crippen LogP contribution < -0.4 is 10.2 Å². The molecule has 2 aromatic carbocycles. The smallest absolute Gasteiger partial charge is 0.255 e. The fraction of sp³-hybridized carbons (Fsp3) is 0.292. The normalized spacial score (nSPS) is 26.8. The number of rotatable bonds is 3. The highest BCUT2D eigenvalue weighted by Crippen LogP contribution is 2.55. The molecule has 0 radical (unpaired) electrons. The molecule has 1 heterocycles. The van der Waals surface area contributed by atoms with Gasteiger partial charge in [0.25, 0.3) is 5.91 Å². The molecule has 4 atom stereocenters. The number of carbonyl (C=O) groups is 3. The first-order valence-electron chi connectivity index (χ1n) is 10.1. The molecule has 1 saturated carbocycles. The quantitative estimate of drug-likeness (QED) is 0.582. The lowest BCUT2D eigenvalue weighted by atomic mass is 9.82. The van der Waals surface area contributed by atoms with E-state index >= 15 is 0 Å². The Labute approximate surface area is 179 Å². The summed E-state index contributed by atoms with van der Waals surface area (Å²) in [5.74, 6) is -0.619. The molecule has 2 aliphatic carbocycles. The van der Waals surface area contributed by atoms with Crippen LogP contribution in [0.3, 0.4) is 0 Å². The molecule has 2 aromatic rings. The topological polar surface area (TPSA) is 66.5 Å². The van der Waals surface area contributed by atoms with Gasteiger partial charge in [-0.15, -0.1) is 0 Å². The average Bonchev–Trinajstić information content (AvgIpc) is 3.36. The molecular formula is C24H21ClN2O3. The summed E-state index contributed by atoms with van der Waals surface area (Å²) < 4.78 is 0. The molecule has 3 aliphatic rings. The van der Waals surface area contributed by atoms with Gasteiger partial charge in [0, 0.05) is 16.3 Å². The van der Waals surface area contributed by atoms with Gasteiger partial charge in [0.1, 0.15) is 0 Å². The van der Waals surface area contributed by atoms with Gasteiger partial charge in [-0.3, -0.25) is 19.3 Å². The third-order valence-corrected chi connectivity index (χ3v) is 7.19. The van der Waals surface area contributed by atoms with Crippen molar-refractivity contribution >= 4 is 40.7 Å². The number of nitrogens with one attached hydrogen (secondary N) is 1. The van der Waals surface area contributed by atoms with E-state index in [1.807, 2.05) is 6.92 Å². The van der Waals surface area contributed by atoms with Crippen LogP contribution >= 0.6 is 11.6 Å². The number of anilines is 2. The number of imide groups is 1. The summed E-state index contributed by atoms with van der Waals surface area (Å²) in [7, 11) is 0. The second kappa shape index (κ2) is 6.81. The molecule has 30 heavy (non-hydrogen) atoms. The summed E-state index contributed by atoms with van der Waals surface area (Å²) in [5.41, 5.74) is 3.63. The molecule has 0 spiro atoms. The predicted molar refractivity (Wildman–Crippen MR) is 115 cm³/mol. The highest BCUT2D eigenvalue weighted by atomic mass is 35.5. The molecule has 5 nitrogen and oxygen atoms in total. The third kappa shape index (κ3) is 2.72. The van der Waals surface area contributed by atoms with E-state index in [4.69, 9.17) is 11.6 Å². The average molecular weight is 421 g/mol. The van der Waals surface area contributed by atoms with E-state index < -0.39 is 0 Å². The molecule has 2 bridgehead atoms. The minimum atomic E-state index is -0.277. The zero-order valence-electron chi connectivity index (χ0n) is 16.7. The third-order valence-electron chi connectivity index (χ3n) is 6.78. The first-order chi connectivity index (χ1) is 14.4. The first kappa shape index (κ1) is 19.1. The number of benzene rings is 2. The van der Waals surface area contributed by atoms with Crippen molar-refractivity contribution in [3.63, 3.8) is 0 Å². The van der Waals surface area contributed by atoms with Crippen molar-refractivity contribution in [2.75, 3.05) is 10.2 Å². The Bertz CT molecular complexity index is 1120. The van der Waals surface area contributed by atoms with Crippen molar-refractivity contribution in [2.45, 2.75) is 20.3 Å². The fourth-order valence-electron chi connectivity index (χ4n) is 5.23. The van der Waals surface area contributed by atoms with E-state index in [0.29, 0.717) is 22.0 Å². The molecule has 1 saturated heterocycles. The summed E-state index contributed by atoms with van der Waals surface area (Å²) in [4.78, 5) is 40.0. The van der Waals surface area contributed by atoms with Crippen molar-refractivity contribution in [3.05, 3.63) is 70.3 Å². The van der Waals surface area contributed by atoms with Gasteiger partial charge in [-0.25, -0.2) is 0 Å². The number of carbonyl (C=O) groups excluding carboxylic acids is 3. The summed E-state index contributed by atoms with van der Waals surface area (Å²) in [6.07, 6.45) is 3.07. The lowest BCUT2D eigenvalue weighted by molar-refractivity contribution is -0.123. The van der Waals surface area contributed by atoms with Gasteiger partial charge in [-0.2, -0.15) is 0 Å². The molecule has 6 heteroatoms. The Morgan fingerprint density at radius 3 is 2.47 bits per heavy atom. The van der Waals surface area contributed by atoms with Crippen molar-refractivity contribution < 1.29 is 14.4 Å². The summed E-state index contributed by atoms with van der Waals surface area (Å²) in [6.45, 7) is 3.89. The van der Waals surface area contributed by atoms with Gasteiger partial charge < -0.3 is 5.32 Å². The summed E-state index contributed by atoms with van der Waals surface area (Å²) in [5, 5.41) is 3.44. The first-order valence-corrected chi connectivity index (χ1v) is 10.5. The Morgan fingerprint density at radius 2 is 1.73 bits per heavy atom. The van der Waals surface area contributed by atoms with E-state index in [1.165, 1.54) is 10.5 Å². The predicted octanol–water partition coefficient (Wildman–Crippen LogP) is 4.60. The number of nitrogens with zero attached hydrogens (tertiary/aromatic N) is 1. The Hall–Kier alpha value is -2.92. The minimum absolute atomic E-state index is 0.114. The van der Waals surface area contributed by atoms with E-state index in [2.05, 4.69) is 18.3 Å². The van der Waals surface area contributed by atoms with Gasteiger partial charge in [-0.1, -0.05) is 29.3 Å². The lowest BCUT2D eigenvalue weighted by Gasteiger charge is -2.19. The number of halogens is 1. The maximum Gasteiger partial charge on any atom is 0.255 e. The van der Waals surface area contributed by atoms with Crippen LogP contribution in [-0.4, -0.2) is 17.7 Å². The van der Waals surface area contributed by atoms with Crippen molar-refractivity contribution in [1.82, 2.24) is 0 Å². The second-order valence-electron chi connectivity index (χ2n) is 8.39. The number of amides is 3. The Morgan fingerprint density at radius 1 is 1.03 bits per heavy atom. The van der Waals surface area contributed by atoms with Gasteiger partial charge in [-0.05, 0) is 74.1 Å². The SMILES string of the molecule is CC1=C[C@H]2C[C@H]1[C@H]1C(=O)N(c3ccc(C(=O)Nc4cccc(Cl)c4C)cc3)C(=O)[C@@H]12. The Balaban J connectivity index is 1.36. The zero-order valence-corrected chi connectivity index (χ0v) is 17.4. The van der Waals surface area contributed by atoms with Gasteiger partial charge in [0.05, 0.1) is 17.5 Å². The molecule has 2 fully saturated rings. The van der Waals surface area contributed by atoms with Crippen molar-refractivity contribution in [3.8, 4) is 0 Å². The lowest BCUT2D eigenvalue weighted by Crippen LogP contribution is -2.33. The molecule has 5 rings (SSSR count). The van der Waals surface area contributed by atoms with Gasteiger partial charge in [0.2, 0.25) is 11.8 Å². The molecule has 152 valence electrons. The second-order valence-corrected chi connectivity index (χ2v) is 8.80. The molecule has 0 aromatic heterocycles. The molecule has 1 aliphatic heterocycles. The zero-order chi connectivity index (χ0) is 21.2. The number of hydrogen-bond donors (Lipinski definition) is 1. The van der Waals surface area contributed by atoms with Crippen LogP contribution in [0.1, 0.15) is 29.3 Å². The number of hydrogen-bond acceptors (Lipinski definition) is 3. The van der Waals surface area contributed by atoms with Crippen LogP contribution in [0.15, 0.2) is 54.1 Å². The maximum absolute atomic E-state index is 13.0. The van der Waals surface area contributed by atoms with Gasteiger partial charge in [0.15, 0.2) is 0 Å². The van der Waals surface area contributed by atoms with Gasteiger partial charge >= 0.3 is 0 Å². The van der Waals surface area contributed by atoms with E-state index in [-0.39, 0.29) is 41.4 Å². The monoisotopic (exact) mass is 420 g/mol. The van der Waals surface area contributed by atoms with E-state index in [0.717, 1.165) is 12.0 Å². The van der Waals surface area contributed by atoms with Crippen LogP contribution in [0.4, 0.5) is 11.4 Å². The molecule has 1 N–H and O–H groups in total. The highest BCUT2D eigenvalue weighted by Gasteiger charge is 2.60. The molecule has 3 amide bonds. The van der Waals surface area contributed by atoms with Crippen LogP contribution in [0.25, 0.3) is 0 Å². The minimum Gasteiger partial charge on any atom is -0.322 e. The van der Waals surface area contributed by atoms with Crippen LogP contribution in [0.2, 0.25) is 5.02 Å². The molecular weight excluding hydrogens is 400 g/mol. The van der Waals surface area contributed by atoms with Crippen LogP contribution in [0, 0.1) is 30.6 Å². The Kier molecular flexibility index (Phi) is 4.33. The van der Waals surface area contributed by atoms with Crippen LogP contribution in [0.5, 0.6) is 0 Å². The standard InChI is InChI=1S/C24H21ClN2O3/c1-12-10-15-11-17(12)21-20(15)23(29)27(24(21)30)16-8-6-14(7-9-16)22(28)26-19-5-3-4-18(25)13(19)2/h3-10,15,17,20-21H,11H2,1-2H3,(H,26,28)/t15-,17+,20+,21+/m0/s1. The summed E-state index contributed by atoms with van der Waals surface area (Å²) in [6, 6.07) is 11.9. The van der Waals surface area contributed by atoms with Crippen LogP contribution in [-0.2, 0) is 9.59 Å². The van der Waals surface area contributed by atoms with Crippen molar-refractivity contribution in [2.24, 2.45) is 23.7 Å². The highest BCUT2D eigenvalue weighted by molar-refractivity contribution is 6.31. The van der Waals surface area contributed by atoms with E-state index in [9.17, 15) is 14.4 Å². The largest absolute Gasteiger partial charge is 0.322 e. The molecule has 0 unspecified atom stereocenters. The van der Waals surface area contributed by atoms with E-state index in [1.54, 1.807) is 42.5 Å². The maximum atomic E-state index is 13.0. The number of allylic oxidation sites excluding steroid dienone is 2. The summed E-state index contributed by atoms with van der Waals surface area (Å²) >= 11 is 6.11. The number of fused-ring (bicyclic) bond motifs is 5. The fourth-order valence-corrected chi connectivity index (χ4v) is 5.40.